The fourth-order valence-corrected chi connectivity index (χ4v) is 2.28. The number of nitrogens with one attached hydrogen (secondary N) is 1. The molecule has 1 aromatic heterocycles. The van der Waals surface area contributed by atoms with Crippen molar-refractivity contribution in [3.8, 4) is 5.69 Å². The lowest BCUT2D eigenvalue weighted by Crippen LogP contribution is -2.22. The Bertz CT molecular complexity index is 788. The summed E-state index contributed by atoms with van der Waals surface area (Å²) in [5.74, 6) is -1.95. The molecule has 1 atom stereocenters. The average molecular weight is 373 g/mol. The van der Waals surface area contributed by atoms with Gasteiger partial charge in [0.15, 0.2) is 5.69 Å². The van der Waals surface area contributed by atoms with Gasteiger partial charge in [0, 0.05) is 5.69 Å². The van der Waals surface area contributed by atoms with Crippen molar-refractivity contribution in [1.29, 1.82) is 0 Å². The zero-order valence-electron chi connectivity index (χ0n) is 13.2. The van der Waals surface area contributed by atoms with Gasteiger partial charge in [-0.15, -0.1) is 0 Å². The van der Waals surface area contributed by atoms with Gasteiger partial charge in [0.2, 0.25) is 5.91 Å². The zero-order valence-corrected chi connectivity index (χ0v) is 14.0. The quantitative estimate of drug-likeness (QED) is 0.840. The molecule has 0 fully saturated rings. The lowest BCUT2D eigenvalue weighted by Gasteiger charge is -2.13. The van der Waals surface area contributed by atoms with Crippen LogP contribution in [0.2, 0.25) is 0 Å². The predicted octanol–water partition coefficient (Wildman–Crippen LogP) is 3.28. The number of benzene rings is 1. The molecule has 1 aromatic carbocycles. The summed E-state index contributed by atoms with van der Waals surface area (Å²) in [6, 6.07) is 5.46. The van der Waals surface area contributed by atoms with Gasteiger partial charge in [0.25, 0.3) is 0 Å². The van der Waals surface area contributed by atoms with Crippen molar-refractivity contribution in [2.75, 3.05) is 11.6 Å². The van der Waals surface area contributed by atoms with Gasteiger partial charge < -0.3 is 10.4 Å². The molecule has 25 heavy (non-hydrogen) atoms. The lowest BCUT2D eigenvalue weighted by atomic mass is 10.2. The van der Waals surface area contributed by atoms with Crippen LogP contribution in [0.25, 0.3) is 5.69 Å². The minimum absolute atomic E-state index is 0.0238. The van der Waals surface area contributed by atoms with E-state index < -0.39 is 23.4 Å². The number of amides is 1. The van der Waals surface area contributed by atoms with E-state index in [0.717, 1.165) is 0 Å². The number of carboxylic acid groups (broad SMARTS) is 1. The molecule has 0 saturated heterocycles. The number of carbonyl (C=O) groups is 2. The fraction of sp³-hybridized carbons (Fsp3) is 0.267. The molecule has 1 heterocycles. The van der Waals surface area contributed by atoms with Crippen molar-refractivity contribution in [1.82, 2.24) is 9.78 Å². The molecular weight excluding hydrogens is 359 g/mol. The van der Waals surface area contributed by atoms with Crippen molar-refractivity contribution >= 4 is 29.3 Å². The van der Waals surface area contributed by atoms with Crippen molar-refractivity contribution in [2.24, 2.45) is 0 Å². The van der Waals surface area contributed by atoms with Crippen molar-refractivity contribution < 1.29 is 27.9 Å². The Balaban J connectivity index is 2.35. The highest BCUT2D eigenvalue weighted by Gasteiger charge is 2.40. The number of hydrogen-bond donors (Lipinski definition) is 2. The van der Waals surface area contributed by atoms with Gasteiger partial charge in [0.1, 0.15) is 5.56 Å². The predicted molar refractivity (Wildman–Crippen MR) is 87.1 cm³/mol. The van der Waals surface area contributed by atoms with Gasteiger partial charge in [-0.3, -0.25) is 4.79 Å². The van der Waals surface area contributed by atoms with Crippen LogP contribution in [0.3, 0.4) is 0 Å². The number of halogens is 3. The summed E-state index contributed by atoms with van der Waals surface area (Å²) in [6.45, 7) is 1.72. The van der Waals surface area contributed by atoms with E-state index in [1.807, 2.05) is 0 Å². The van der Waals surface area contributed by atoms with Crippen LogP contribution in [0.5, 0.6) is 0 Å². The minimum Gasteiger partial charge on any atom is -0.478 e. The third-order valence-corrected chi connectivity index (χ3v) is 4.29. The number of hydrogen-bond acceptors (Lipinski definition) is 4. The van der Waals surface area contributed by atoms with Crippen LogP contribution >= 0.6 is 11.8 Å². The van der Waals surface area contributed by atoms with E-state index in [9.17, 15) is 22.8 Å². The summed E-state index contributed by atoms with van der Waals surface area (Å²) in [6.07, 6.45) is -2.45. The second-order valence-electron chi connectivity index (χ2n) is 5.04. The number of nitrogens with zero attached hydrogens (tertiary/aromatic N) is 2. The van der Waals surface area contributed by atoms with Crippen LogP contribution in [-0.4, -0.2) is 38.3 Å². The number of thioether (sulfide) groups is 1. The van der Waals surface area contributed by atoms with Crippen LogP contribution in [0.4, 0.5) is 18.9 Å². The first-order chi connectivity index (χ1) is 11.6. The Morgan fingerprint density at radius 3 is 2.36 bits per heavy atom. The largest absolute Gasteiger partial charge is 0.478 e. The summed E-state index contributed by atoms with van der Waals surface area (Å²) in [5.41, 5.74) is -1.86. The van der Waals surface area contributed by atoms with Gasteiger partial charge in [-0.05, 0) is 37.4 Å². The molecule has 0 bridgehead atoms. The highest BCUT2D eigenvalue weighted by atomic mass is 32.2. The van der Waals surface area contributed by atoms with E-state index in [-0.39, 0.29) is 16.8 Å². The molecule has 0 aliphatic carbocycles. The van der Waals surface area contributed by atoms with E-state index in [0.29, 0.717) is 16.6 Å². The summed E-state index contributed by atoms with van der Waals surface area (Å²) in [7, 11) is 0. The first-order valence-electron chi connectivity index (χ1n) is 6.97. The van der Waals surface area contributed by atoms with Crippen molar-refractivity contribution in [2.45, 2.75) is 18.3 Å². The Morgan fingerprint density at radius 1 is 1.28 bits per heavy atom. The average Bonchev–Trinajstić information content (AvgIpc) is 3.00. The molecule has 0 radical (unpaired) electrons. The third-order valence-electron chi connectivity index (χ3n) is 3.37. The third kappa shape index (κ3) is 4.13. The molecule has 1 unspecified atom stereocenters. The van der Waals surface area contributed by atoms with E-state index in [1.54, 1.807) is 13.2 Å². The molecule has 1 amide bonds. The Hall–Kier alpha value is -2.49. The normalized spacial score (nSPS) is 12.7. The van der Waals surface area contributed by atoms with Crippen LogP contribution in [0.1, 0.15) is 23.0 Å². The number of carbonyl (C=O) groups excluding carboxylic acids is 1. The maximum absolute atomic E-state index is 13.2. The smallest absolute Gasteiger partial charge is 0.434 e. The first kappa shape index (κ1) is 18.8. The van der Waals surface area contributed by atoms with Crippen LogP contribution in [0, 0.1) is 0 Å². The summed E-state index contributed by atoms with van der Waals surface area (Å²) < 4.78 is 40.1. The van der Waals surface area contributed by atoms with Crippen LogP contribution in [-0.2, 0) is 11.0 Å². The number of rotatable bonds is 5. The summed E-state index contributed by atoms with van der Waals surface area (Å²) >= 11 is 1.36. The van der Waals surface area contributed by atoms with Crippen molar-refractivity contribution in [3.63, 3.8) is 0 Å². The molecule has 0 aliphatic rings. The highest BCUT2D eigenvalue weighted by molar-refractivity contribution is 7.99. The van der Waals surface area contributed by atoms with Gasteiger partial charge in [-0.2, -0.15) is 30.0 Å². The van der Waals surface area contributed by atoms with E-state index >= 15 is 0 Å². The monoisotopic (exact) mass is 373 g/mol. The number of aromatic nitrogens is 2. The maximum atomic E-state index is 13.2. The fourth-order valence-electron chi connectivity index (χ4n) is 2.01. The Labute approximate surface area is 145 Å². The highest BCUT2D eigenvalue weighted by Crippen LogP contribution is 2.33. The molecule has 10 heteroatoms. The van der Waals surface area contributed by atoms with E-state index in [1.165, 1.54) is 36.0 Å². The SMILES string of the molecule is CSC(C)C(=O)Nc1ccc(-n2ncc(C(=O)O)c2C(F)(F)F)cc1. The second-order valence-corrected chi connectivity index (χ2v) is 6.21. The van der Waals surface area contributed by atoms with E-state index in [2.05, 4.69) is 10.4 Å². The summed E-state index contributed by atoms with van der Waals surface area (Å²) in [4.78, 5) is 22.8. The topological polar surface area (TPSA) is 84.2 Å². The second kappa shape index (κ2) is 7.18. The molecule has 134 valence electrons. The van der Waals surface area contributed by atoms with Gasteiger partial charge in [-0.25, -0.2) is 9.48 Å². The molecule has 2 N–H and O–H groups in total. The van der Waals surface area contributed by atoms with Crippen LogP contribution < -0.4 is 5.32 Å². The standard InChI is InChI=1S/C15H14F3N3O3S/c1-8(25-2)13(22)20-9-3-5-10(6-4-9)21-12(15(16,17)18)11(7-19-21)14(23)24/h3-8H,1-2H3,(H,20,22)(H,23,24). The van der Waals surface area contributed by atoms with Crippen molar-refractivity contribution in [3.05, 3.63) is 41.7 Å². The van der Waals surface area contributed by atoms with Gasteiger partial charge >= 0.3 is 12.1 Å². The Morgan fingerprint density at radius 2 is 1.88 bits per heavy atom. The maximum Gasteiger partial charge on any atom is 0.434 e. The number of carboxylic acids is 1. The number of anilines is 1. The molecule has 0 spiro atoms. The number of alkyl halides is 3. The molecule has 0 aliphatic heterocycles. The molecule has 0 saturated carbocycles. The summed E-state index contributed by atoms with van der Waals surface area (Å²) in [5, 5.41) is 14.8. The van der Waals surface area contributed by atoms with Gasteiger partial charge in [0.05, 0.1) is 17.1 Å². The number of aromatic carboxylic acids is 1. The van der Waals surface area contributed by atoms with Gasteiger partial charge in [-0.1, -0.05) is 0 Å². The first-order valence-corrected chi connectivity index (χ1v) is 8.26. The van der Waals surface area contributed by atoms with E-state index in [4.69, 9.17) is 5.11 Å². The molecule has 6 nitrogen and oxygen atoms in total. The molecular formula is C15H14F3N3O3S. The van der Waals surface area contributed by atoms with Crippen LogP contribution in [0.15, 0.2) is 30.5 Å². The zero-order chi connectivity index (χ0) is 18.8. The molecule has 2 rings (SSSR count). The minimum atomic E-state index is -4.88. The lowest BCUT2D eigenvalue weighted by molar-refractivity contribution is -0.143. The molecule has 2 aromatic rings. The Kier molecular flexibility index (Phi) is 5.41.